The average molecular weight is 289 g/mol. The summed E-state index contributed by atoms with van der Waals surface area (Å²) in [5.74, 6) is 0.710. The number of nitrogens with one attached hydrogen (secondary N) is 1. The van der Waals surface area contributed by atoms with Gasteiger partial charge in [0.05, 0.1) is 5.69 Å². The molecule has 1 aromatic rings. The van der Waals surface area contributed by atoms with Gasteiger partial charge in [-0.2, -0.15) is 0 Å². The van der Waals surface area contributed by atoms with Gasteiger partial charge in [-0.25, -0.2) is 0 Å². The first kappa shape index (κ1) is 16.4. The van der Waals surface area contributed by atoms with E-state index in [2.05, 4.69) is 62.0 Å². The van der Waals surface area contributed by atoms with Gasteiger partial charge in [0.1, 0.15) is 0 Å². The zero-order valence-corrected chi connectivity index (χ0v) is 14.3. The highest BCUT2D eigenvalue weighted by atomic mass is 15.2. The Morgan fingerprint density at radius 2 is 2.14 bits per heavy atom. The molecule has 3 atom stereocenters. The Labute approximate surface area is 130 Å². The van der Waals surface area contributed by atoms with Crippen molar-refractivity contribution in [2.75, 3.05) is 13.1 Å². The van der Waals surface area contributed by atoms with E-state index in [1.165, 1.54) is 12.1 Å². The van der Waals surface area contributed by atoms with Gasteiger partial charge in [0.15, 0.2) is 0 Å². The molecule has 0 spiro atoms. The highest BCUT2D eigenvalue weighted by Crippen LogP contribution is 2.27. The van der Waals surface area contributed by atoms with Crippen molar-refractivity contribution in [3.05, 3.63) is 30.1 Å². The summed E-state index contributed by atoms with van der Waals surface area (Å²) < 4.78 is 0. The smallest absolute Gasteiger partial charge is 0.0544 e. The lowest BCUT2D eigenvalue weighted by Gasteiger charge is -2.46. The molecule has 2 rings (SSSR count). The molecule has 1 aliphatic heterocycles. The van der Waals surface area contributed by atoms with Gasteiger partial charge in [-0.05, 0) is 23.5 Å². The fourth-order valence-electron chi connectivity index (χ4n) is 3.12. The molecule has 1 N–H and O–H groups in total. The van der Waals surface area contributed by atoms with E-state index in [1.54, 1.807) is 0 Å². The average Bonchev–Trinajstić information content (AvgIpc) is 2.46. The van der Waals surface area contributed by atoms with Crippen LogP contribution in [-0.4, -0.2) is 35.1 Å². The second-order valence-corrected chi connectivity index (χ2v) is 7.53. The van der Waals surface area contributed by atoms with Crippen LogP contribution in [-0.2, 0) is 6.54 Å². The summed E-state index contributed by atoms with van der Waals surface area (Å²) in [6.45, 7) is 14.8. The van der Waals surface area contributed by atoms with Gasteiger partial charge in [-0.1, -0.05) is 47.1 Å². The molecule has 3 nitrogen and oxygen atoms in total. The lowest BCUT2D eigenvalue weighted by molar-refractivity contribution is 0.0513. The number of piperazine rings is 1. The van der Waals surface area contributed by atoms with E-state index in [0.29, 0.717) is 23.4 Å². The molecule has 3 unspecified atom stereocenters. The molecule has 0 aliphatic carbocycles. The van der Waals surface area contributed by atoms with Crippen LogP contribution in [0.25, 0.3) is 0 Å². The maximum atomic E-state index is 4.52. The van der Waals surface area contributed by atoms with Crippen LogP contribution in [0.5, 0.6) is 0 Å². The molecule has 0 saturated carbocycles. The van der Waals surface area contributed by atoms with Crippen molar-refractivity contribution in [3.63, 3.8) is 0 Å². The number of hydrogen-bond acceptors (Lipinski definition) is 3. The van der Waals surface area contributed by atoms with Gasteiger partial charge in [0.2, 0.25) is 0 Å². The van der Waals surface area contributed by atoms with Crippen LogP contribution in [0.15, 0.2) is 24.4 Å². The first-order valence-corrected chi connectivity index (χ1v) is 8.29. The zero-order chi connectivity index (χ0) is 15.5. The van der Waals surface area contributed by atoms with Crippen molar-refractivity contribution in [2.24, 2.45) is 11.3 Å². The number of pyridine rings is 1. The molecule has 0 amide bonds. The van der Waals surface area contributed by atoms with Crippen LogP contribution < -0.4 is 5.32 Å². The fraction of sp³-hybridized carbons (Fsp3) is 0.722. The summed E-state index contributed by atoms with van der Waals surface area (Å²) in [6, 6.07) is 7.37. The van der Waals surface area contributed by atoms with Crippen molar-refractivity contribution >= 4 is 0 Å². The standard InChI is InChI=1S/C18H31N3/c1-6-14(2)16-11-20-17(18(3,4)5)13-21(16)12-15-9-7-8-10-19-15/h7-10,14,16-17,20H,6,11-13H2,1-5H3. The van der Waals surface area contributed by atoms with Gasteiger partial charge < -0.3 is 5.32 Å². The van der Waals surface area contributed by atoms with Gasteiger partial charge >= 0.3 is 0 Å². The third-order valence-electron chi connectivity index (χ3n) is 4.90. The summed E-state index contributed by atoms with van der Waals surface area (Å²) in [5.41, 5.74) is 1.48. The fourth-order valence-corrected chi connectivity index (χ4v) is 3.12. The van der Waals surface area contributed by atoms with Crippen molar-refractivity contribution < 1.29 is 0 Å². The van der Waals surface area contributed by atoms with E-state index in [-0.39, 0.29) is 0 Å². The van der Waals surface area contributed by atoms with E-state index in [9.17, 15) is 0 Å². The molecule has 118 valence electrons. The minimum absolute atomic E-state index is 0.294. The highest BCUT2D eigenvalue weighted by molar-refractivity contribution is 5.05. The van der Waals surface area contributed by atoms with Crippen LogP contribution in [0.1, 0.15) is 46.7 Å². The summed E-state index contributed by atoms with van der Waals surface area (Å²) in [6.07, 6.45) is 3.13. The van der Waals surface area contributed by atoms with Crippen LogP contribution in [0.2, 0.25) is 0 Å². The van der Waals surface area contributed by atoms with Crippen LogP contribution in [0, 0.1) is 11.3 Å². The normalized spacial score (nSPS) is 25.8. The molecule has 2 heterocycles. The van der Waals surface area contributed by atoms with Crippen molar-refractivity contribution in [3.8, 4) is 0 Å². The molecule has 0 aromatic carbocycles. The third-order valence-corrected chi connectivity index (χ3v) is 4.90. The largest absolute Gasteiger partial charge is 0.311 e. The first-order chi connectivity index (χ1) is 9.91. The lowest BCUT2D eigenvalue weighted by Crippen LogP contribution is -2.61. The Morgan fingerprint density at radius 1 is 1.38 bits per heavy atom. The number of rotatable bonds is 4. The van der Waals surface area contributed by atoms with Crippen molar-refractivity contribution in [1.82, 2.24) is 15.2 Å². The quantitative estimate of drug-likeness (QED) is 0.921. The van der Waals surface area contributed by atoms with E-state index in [0.717, 1.165) is 19.6 Å². The second-order valence-electron chi connectivity index (χ2n) is 7.53. The van der Waals surface area contributed by atoms with E-state index in [1.807, 2.05) is 12.3 Å². The summed E-state index contributed by atoms with van der Waals surface area (Å²) >= 11 is 0. The van der Waals surface area contributed by atoms with Gasteiger partial charge in [-0.3, -0.25) is 9.88 Å². The SMILES string of the molecule is CCC(C)C1CNC(C(C)(C)C)CN1Cc1ccccn1. The van der Waals surface area contributed by atoms with Crippen LogP contribution in [0.3, 0.4) is 0 Å². The van der Waals surface area contributed by atoms with Crippen molar-refractivity contribution in [1.29, 1.82) is 0 Å². The summed E-state index contributed by atoms with van der Waals surface area (Å²) in [7, 11) is 0. The second kappa shape index (κ2) is 6.89. The Balaban J connectivity index is 2.13. The molecule has 0 bridgehead atoms. The zero-order valence-electron chi connectivity index (χ0n) is 14.3. The minimum atomic E-state index is 0.294. The molecular formula is C18H31N3. The van der Waals surface area contributed by atoms with Gasteiger partial charge in [0, 0.05) is 37.9 Å². The predicted molar refractivity (Wildman–Crippen MR) is 89.1 cm³/mol. The van der Waals surface area contributed by atoms with E-state index in [4.69, 9.17) is 0 Å². The Morgan fingerprint density at radius 3 is 2.71 bits per heavy atom. The molecule has 3 heteroatoms. The highest BCUT2D eigenvalue weighted by Gasteiger charge is 2.35. The maximum absolute atomic E-state index is 4.52. The van der Waals surface area contributed by atoms with E-state index >= 15 is 0 Å². The molecule has 1 saturated heterocycles. The first-order valence-electron chi connectivity index (χ1n) is 8.29. The summed E-state index contributed by atoms with van der Waals surface area (Å²) in [4.78, 5) is 7.16. The topological polar surface area (TPSA) is 28.2 Å². The minimum Gasteiger partial charge on any atom is -0.311 e. The summed E-state index contributed by atoms with van der Waals surface area (Å²) in [5, 5.41) is 3.78. The van der Waals surface area contributed by atoms with Gasteiger partial charge in [-0.15, -0.1) is 0 Å². The molecule has 1 fully saturated rings. The van der Waals surface area contributed by atoms with E-state index < -0.39 is 0 Å². The predicted octanol–water partition coefficient (Wildman–Crippen LogP) is 3.32. The monoisotopic (exact) mass is 289 g/mol. The molecule has 1 aliphatic rings. The van der Waals surface area contributed by atoms with Gasteiger partial charge in [0.25, 0.3) is 0 Å². The Bertz CT molecular complexity index is 424. The van der Waals surface area contributed by atoms with Crippen LogP contribution in [0.4, 0.5) is 0 Å². The third kappa shape index (κ3) is 4.27. The number of nitrogens with zero attached hydrogens (tertiary/aromatic N) is 2. The molecule has 0 radical (unpaired) electrons. The number of aromatic nitrogens is 1. The maximum Gasteiger partial charge on any atom is 0.0544 e. The Kier molecular flexibility index (Phi) is 5.39. The lowest BCUT2D eigenvalue weighted by atomic mass is 9.83. The van der Waals surface area contributed by atoms with Crippen molar-refractivity contribution in [2.45, 2.75) is 59.7 Å². The molecular weight excluding hydrogens is 258 g/mol. The molecule has 1 aromatic heterocycles. The number of hydrogen-bond donors (Lipinski definition) is 1. The molecule has 21 heavy (non-hydrogen) atoms. The van der Waals surface area contributed by atoms with Crippen LogP contribution >= 0.6 is 0 Å². The Hall–Kier alpha value is -0.930.